The summed E-state index contributed by atoms with van der Waals surface area (Å²) in [5, 5.41) is 8.81. The lowest BCUT2D eigenvalue weighted by molar-refractivity contribution is -0.137. The molecule has 4 rings (SSSR count). The van der Waals surface area contributed by atoms with Gasteiger partial charge in [0.25, 0.3) is 5.91 Å². The molecule has 0 fully saturated rings. The number of aliphatic imine (C=N–C) groups is 1. The van der Waals surface area contributed by atoms with Crippen LogP contribution >= 0.6 is 11.8 Å². The Morgan fingerprint density at radius 3 is 2.72 bits per heavy atom. The third-order valence-electron chi connectivity index (χ3n) is 4.90. The summed E-state index contributed by atoms with van der Waals surface area (Å²) in [4.78, 5) is 43.1. The molecule has 0 radical (unpaired) electrons. The predicted octanol–water partition coefficient (Wildman–Crippen LogP) is 3.84. The number of allylic oxidation sites excluding steroid dienone is 1. The number of amidine groups is 1. The van der Waals surface area contributed by atoms with Crippen molar-refractivity contribution in [2.24, 2.45) is 4.99 Å². The van der Waals surface area contributed by atoms with Gasteiger partial charge in [-0.25, -0.2) is 9.79 Å². The molecule has 2 aliphatic heterocycles. The zero-order valence-electron chi connectivity index (χ0n) is 17.7. The molecule has 164 valence electrons. The van der Waals surface area contributed by atoms with Gasteiger partial charge in [0.05, 0.1) is 29.4 Å². The number of carbonyl (C=O) groups is 3. The SMILES string of the molecule is CCOC(=O)C1=C(CC)Nc2ccccc2N=C1NC(=O)c1ccc2c(c1)NC(=O)CS2. The fourth-order valence-corrected chi connectivity index (χ4v) is 4.19. The van der Waals surface area contributed by atoms with Gasteiger partial charge in [0, 0.05) is 16.2 Å². The number of fused-ring (bicyclic) bond motifs is 2. The second-order valence-electron chi connectivity index (χ2n) is 7.03. The average molecular weight is 451 g/mol. The summed E-state index contributed by atoms with van der Waals surface area (Å²) in [5.41, 5.74) is 3.01. The third-order valence-corrected chi connectivity index (χ3v) is 5.97. The van der Waals surface area contributed by atoms with Gasteiger partial charge in [0.1, 0.15) is 11.4 Å². The van der Waals surface area contributed by atoms with Crippen molar-refractivity contribution < 1.29 is 19.1 Å². The first-order valence-electron chi connectivity index (χ1n) is 10.2. The fraction of sp³-hybridized carbons (Fsp3) is 0.217. The van der Waals surface area contributed by atoms with Gasteiger partial charge in [0.2, 0.25) is 5.91 Å². The summed E-state index contributed by atoms with van der Waals surface area (Å²) in [6.45, 7) is 3.81. The normalized spacial score (nSPS) is 14.8. The molecular weight excluding hydrogens is 428 g/mol. The molecule has 0 unspecified atom stereocenters. The Morgan fingerprint density at radius 1 is 1.12 bits per heavy atom. The monoisotopic (exact) mass is 450 g/mol. The molecule has 0 aliphatic carbocycles. The number of para-hydroxylation sites is 2. The van der Waals surface area contributed by atoms with E-state index in [1.54, 1.807) is 31.2 Å². The molecule has 2 heterocycles. The molecule has 2 amide bonds. The maximum Gasteiger partial charge on any atom is 0.343 e. The van der Waals surface area contributed by atoms with Crippen LogP contribution in [0.25, 0.3) is 0 Å². The Balaban J connectivity index is 1.72. The molecule has 0 bridgehead atoms. The Bertz CT molecular complexity index is 1170. The number of benzene rings is 2. The van der Waals surface area contributed by atoms with E-state index in [0.29, 0.717) is 34.8 Å². The van der Waals surface area contributed by atoms with Crippen LogP contribution in [0, 0.1) is 0 Å². The van der Waals surface area contributed by atoms with Gasteiger partial charge in [-0.05, 0) is 43.7 Å². The molecule has 3 N–H and O–H groups in total. The van der Waals surface area contributed by atoms with E-state index < -0.39 is 11.9 Å². The molecule has 0 spiro atoms. The highest BCUT2D eigenvalue weighted by molar-refractivity contribution is 8.00. The number of carbonyl (C=O) groups excluding carboxylic acids is 3. The zero-order valence-corrected chi connectivity index (χ0v) is 18.5. The Kier molecular flexibility index (Phi) is 6.27. The van der Waals surface area contributed by atoms with Gasteiger partial charge in [-0.3, -0.25) is 9.59 Å². The zero-order chi connectivity index (χ0) is 22.7. The predicted molar refractivity (Wildman–Crippen MR) is 124 cm³/mol. The second-order valence-corrected chi connectivity index (χ2v) is 8.05. The van der Waals surface area contributed by atoms with Crippen molar-refractivity contribution in [3.8, 4) is 0 Å². The minimum Gasteiger partial charge on any atom is -0.462 e. The number of amides is 2. The van der Waals surface area contributed by atoms with Crippen LogP contribution in [0.2, 0.25) is 0 Å². The lowest BCUT2D eigenvalue weighted by Crippen LogP contribution is -2.35. The number of ether oxygens (including phenoxy) is 1. The van der Waals surface area contributed by atoms with E-state index in [1.165, 1.54) is 11.8 Å². The van der Waals surface area contributed by atoms with E-state index in [4.69, 9.17) is 4.74 Å². The van der Waals surface area contributed by atoms with Crippen molar-refractivity contribution >= 4 is 52.4 Å². The van der Waals surface area contributed by atoms with Crippen LogP contribution in [-0.2, 0) is 14.3 Å². The minimum atomic E-state index is -0.571. The molecule has 2 aromatic rings. The topological polar surface area (TPSA) is 109 Å². The average Bonchev–Trinajstić information content (AvgIpc) is 2.94. The number of hydrogen-bond donors (Lipinski definition) is 3. The summed E-state index contributed by atoms with van der Waals surface area (Å²) >= 11 is 1.42. The highest BCUT2D eigenvalue weighted by atomic mass is 32.2. The van der Waals surface area contributed by atoms with Crippen LogP contribution in [-0.4, -0.2) is 36.0 Å². The number of anilines is 2. The van der Waals surface area contributed by atoms with E-state index in [2.05, 4.69) is 20.9 Å². The molecule has 2 aliphatic rings. The van der Waals surface area contributed by atoms with Gasteiger partial charge in [0.15, 0.2) is 0 Å². The number of rotatable bonds is 4. The van der Waals surface area contributed by atoms with E-state index in [1.807, 2.05) is 25.1 Å². The van der Waals surface area contributed by atoms with Crippen molar-refractivity contribution in [1.82, 2.24) is 5.32 Å². The molecule has 8 nitrogen and oxygen atoms in total. The van der Waals surface area contributed by atoms with Crippen molar-refractivity contribution in [1.29, 1.82) is 0 Å². The number of thioether (sulfide) groups is 1. The summed E-state index contributed by atoms with van der Waals surface area (Å²) in [5.74, 6) is -0.685. The van der Waals surface area contributed by atoms with Crippen LogP contribution in [0.5, 0.6) is 0 Å². The van der Waals surface area contributed by atoms with E-state index in [0.717, 1.165) is 10.6 Å². The maximum absolute atomic E-state index is 13.1. The molecular formula is C23H22N4O4S. The Morgan fingerprint density at radius 2 is 1.94 bits per heavy atom. The summed E-state index contributed by atoms with van der Waals surface area (Å²) in [6.07, 6.45) is 0.499. The number of nitrogens with zero attached hydrogens (tertiary/aromatic N) is 1. The van der Waals surface area contributed by atoms with Crippen molar-refractivity contribution in [3.05, 3.63) is 59.3 Å². The Hall–Kier alpha value is -3.59. The molecule has 32 heavy (non-hydrogen) atoms. The maximum atomic E-state index is 13.1. The van der Waals surface area contributed by atoms with E-state index in [-0.39, 0.29) is 23.9 Å². The first kappa shape index (κ1) is 21.6. The minimum absolute atomic E-state index is 0.110. The summed E-state index contributed by atoms with van der Waals surface area (Å²) in [6, 6.07) is 12.4. The fourth-order valence-electron chi connectivity index (χ4n) is 3.40. The van der Waals surface area contributed by atoms with Gasteiger partial charge < -0.3 is 20.7 Å². The lowest BCUT2D eigenvalue weighted by atomic mass is 10.1. The second kappa shape index (κ2) is 9.27. The molecule has 0 saturated carbocycles. The largest absolute Gasteiger partial charge is 0.462 e. The first-order chi connectivity index (χ1) is 15.5. The molecule has 0 saturated heterocycles. The highest BCUT2D eigenvalue weighted by Crippen LogP contribution is 2.33. The van der Waals surface area contributed by atoms with E-state index >= 15 is 0 Å². The van der Waals surface area contributed by atoms with Gasteiger partial charge in [-0.15, -0.1) is 11.8 Å². The Labute approximate surface area is 189 Å². The van der Waals surface area contributed by atoms with Gasteiger partial charge in [-0.1, -0.05) is 19.1 Å². The van der Waals surface area contributed by atoms with Gasteiger partial charge >= 0.3 is 5.97 Å². The first-order valence-corrected chi connectivity index (χ1v) is 11.2. The molecule has 0 aromatic heterocycles. The quantitative estimate of drug-likeness (QED) is 0.611. The summed E-state index contributed by atoms with van der Waals surface area (Å²) in [7, 11) is 0. The van der Waals surface area contributed by atoms with Crippen LogP contribution in [0.1, 0.15) is 30.6 Å². The van der Waals surface area contributed by atoms with E-state index in [9.17, 15) is 14.4 Å². The third kappa shape index (κ3) is 4.38. The lowest BCUT2D eigenvalue weighted by Gasteiger charge is -2.18. The standard InChI is InChI=1S/C23H22N4O4S/c1-3-14-20(23(30)31-4-2)21(26-16-8-6-5-7-15(16)24-14)27-22(29)13-9-10-18-17(11-13)25-19(28)12-32-18/h5-11,24H,3-4,12H2,1-2H3,(H,25,28)(H,26,27,29). The van der Waals surface area contributed by atoms with Crippen LogP contribution in [0.4, 0.5) is 17.1 Å². The molecule has 9 heteroatoms. The van der Waals surface area contributed by atoms with Gasteiger partial charge in [-0.2, -0.15) is 0 Å². The van der Waals surface area contributed by atoms with Crippen molar-refractivity contribution in [2.75, 3.05) is 23.0 Å². The van der Waals surface area contributed by atoms with Crippen LogP contribution in [0.15, 0.2) is 63.6 Å². The van der Waals surface area contributed by atoms with Crippen molar-refractivity contribution in [2.45, 2.75) is 25.2 Å². The number of hydrogen-bond acceptors (Lipinski definition) is 7. The summed E-state index contributed by atoms with van der Waals surface area (Å²) < 4.78 is 5.25. The molecule has 2 aromatic carbocycles. The highest BCUT2D eigenvalue weighted by Gasteiger charge is 2.27. The molecule has 0 atom stereocenters. The number of nitrogens with one attached hydrogen (secondary N) is 3. The number of esters is 1. The van der Waals surface area contributed by atoms with Crippen LogP contribution in [0.3, 0.4) is 0 Å². The van der Waals surface area contributed by atoms with Crippen LogP contribution < -0.4 is 16.0 Å². The van der Waals surface area contributed by atoms with Crippen molar-refractivity contribution in [3.63, 3.8) is 0 Å². The smallest absolute Gasteiger partial charge is 0.343 e.